The Balaban J connectivity index is 1.34. The second kappa shape index (κ2) is 9.45. The lowest BCUT2D eigenvalue weighted by molar-refractivity contribution is -0.116. The zero-order valence-electron chi connectivity index (χ0n) is 16.3. The summed E-state index contributed by atoms with van der Waals surface area (Å²) in [4.78, 5) is 24.9. The minimum absolute atomic E-state index is 0.182. The zero-order valence-corrected chi connectivity index (χ0v) is 17.9. The van der Waals surface area contributed by atoms with Crippen LogP contribution >= 0.6 is 23.4 Å². The molecule has 31 heavy (non-hydrogen) atoms. The molecule has 0 radical (unpaired) electrons. The number of nitrogens with one attached hydrogen (secondary N) is 3. The van der Waals surface area contributed by atoms with Gasteiger partial charge in [0.15, 0.2) is 0 Å². The van der Waals surface area contributed by atoms with Crippen LogP contribution in [0.1, 0.15) is 21.7 Å². The van der Waals surface area contributed by atoms with E-state index in [0.717, 1.165) is 11.3 Å². The molecule has 1 unspecified atom stereocenters. The predicted octanol–water partition coefficient (Wildman–Crippen LogP) is 4.67. The highest BCUT2D eigenvalue weighted by atomic mass is 35.5. The van der Waals surface area contributed by atoms with Crippen LogP contribution < -0.4 is 16.0 Å². The number of amides is 2. The van der Waals surface area contributed by atoms with Gasteiger partial charge in [0.25, 0.3) is 5.91 Å². The van der Waals surface area contributed by atoms with Crippen molar-refractivity contribution in [3.63, 3.8) is 0 Å². The van der Waals surface area contributed by atoms with Gasteiger partial charge in [-0.05, 0) is 48.0 Å². The van der Waals surface area contributed by atoms with E-state index in [4.69, 9.17) is 16.0 Å². The highest BCUT2D eigenvalue weighted by molar-refractivity contribution is 7.98. The molecule has 0 spiro atoms. The third kappa shape index (κ3) is 5.21. The van der Waals surface area contributed by atoms with Crippen LogP contribution in [-0.2, 0) is 17.1 Å². The molecule has 0 fully saturated rings. The van der Waals surface area contributed by atoms with Crippen molar-refractivity contribution in [3.05, 3.63) is 82.5 Å². The molecule has 3 aromatic rings. The fourth-order valence-electron chi connectivity index (χ4n) is 3.11. The first-order valence-electron chi connectivity index (χ1n) is 9.53. The largest absolute Gasteiger partial charge is 0.467 e. The molecule has 0 bridgehead atoms. The Hall–Kier alpha value is -2.97. The van der Waals surface area contributed by atoms with Gasteiger partial charge in [-0.15, -0.1) is 0 Å². The molecule has 2 amide bonds. The molecule has 1 aromatic heterocycles. The monoisotopic (exact) mass is 459 g/mol. The van der Waals surface area contributed by atoms with Crippen LogP contribution in [0.3, 0.4) is 0 Å². The second-order valence-electron chi connectivity index (χ2n) is 6.96. The van der Waals surface area contributed by atoms with E-state index >= 15 is 0 Å². The molecule has 9 heteroatoms. The summed E-state index contributed by atoms with van der Waals surface area (Å²) < 4.78 is 18.4. The van der Waals surface area contributed by atoms with E-state index in [0.29, 0.717) is 33.5 Å². The number of benzene rings is 2. The van der Waals surface area contributed by atoms with E-state index in [2.05, 4.69) is 16.0 Å². The lowest BCUT2D eigenvalue weighted by atomic mass is 10.1. The van der Waals surface area contributed by atoms with E-state index < -0.39 is 6.04 Å². The summed E-state index contributed by atoms with van der Waals surface area (Å²) in [5.74, 6) is 0.901. The number of hydrogen-bond donors (Lipinski definition) is 3. The van der Waals surface area contributed by atoms with Crippen LogP contribution in [0.2, 0.25) is 5.02 Å². The summed E-state index contributed by atoms with van der Waals surface area (Å²) in [5, 5.41) is 9.21. The maximum atomic E-state index is 13.2. The minimum atomic E-state index is -0.435. The first-order valence-corrected chi connectivity index (χ1v) is 11.1. The smallest absolute Gasteiger partial charge is 0.251 e. The van der Waals surface area contributed by atoms with Crippen LogP contribution in [0, 0.1) is 5.82 Å². The predicted molar refractivity (Wildman–Crippen MR) is 120 cm³/mol. The number of carbonyl (C=O) groups is 2. The van der Waals surface area contributed by atoms with E-state index in [1.807, 2.05) is 0 Å². The van der Waals surface area contributed by atoms with Crippen molar-refractivity contribution in [2.75, 3.05) is 16.4 Å². The molecule has 0 saturated heterocycles. The molecular weight excluding hydrogens is 441 g/mol. The fraction of sp³-hybridized carbons (Fsp3) is 0.182. The third-order valence-corrected chi connectivity index (χ3v) is 6.18. The molecule has 1 aliphatic rings. The quantitative estimate of drug-likeness (QED) is 0.478. The van der Waals surface area contributed by atoms with Crippen molar-refractivity contribution >= 4 is 46.6 Å². The number of furan rings is 1. The first-order chi connectivity index (χ1) is 15.0. The van der Waals surface area contributed by atoms with Gasteiger partial charge in [0, 0.05) is 22.1 Å². The van der Waals surface area contributed by atoms with Gasteiger partial charge in [-0.2, -0.15) is 11.8 Å². The van der Waals surface area contributed by atoms with Crippen molar-refractivity contribution in [3.8, 4) is 0 Å². The Morgan fingerprint density at radius 1 is 1.19 bits per heavy atom. The van der Waals surface area contributed by atoms with Crippen LogP contribution in [0.25, 0.3) is 0 Å². The fourth-order valence-corrected chi connectivity index (χ4v) is 4.49. The lowest BCUT2D eigenvalue weighted by Crippen LogP contribution is -2.40. The van der Waals surface area contributed by atoms with Crippen LogP contribution in [-0.4, -0.2) is 23.6 Å². The van der Waals surface area contributed by atoms with Crippen LogP contribution in [0.15, 0.2) is 59.2 Å². The molecule has 6 nitrogen and oxygen atoms in total. The Labute approximate surface area is 187 Å². The summed E-state index contributed by atoms with van der Waals surface area (Å²) in [6, 6.07) is 12.5. The molecular formula is C22H19ClFN3O3S. The van der Waals surface area contributed by atoms with E-state index in [9.17, 15) is 14.0 Å². The number of anilines is 2. The normalized spacial score (nSPS) is 15.0. The Kier molecular flexibility index (Phi) is 6.48. The van der Waals surface area contributed by atoms with Gasteiger partial charge in [-0.25, -0.2) is 4.39 Å². The maximum Gasteiger partial charge on any atom is 0.251 e. The number of halogens is 2. The molecule has 1 aliphatic heterocycles. The van der Waals surface area contributed by atoms with Gasteiger partial charge in [-0.3, -0.25) is 9.59 Å². The molecule has 1 atom stereocenters. The highest BCUT2D eigenvalue weighted by Crippen LogP contribution is 2.30. The Morgan fingerprint density at radius 2 is 2.06 bits per heavy atom. The third-order valence-electron chi connectivity index (χ3n) is 4.75. The van der Waals surface area contributed by atoms with Crippen LogP contribution in [0.5, 0.6) is 0 Å². The highest BCUT2D eigenvalue weighted by Gasteiger charge is 2.26. The lowest BCUT2D eigenvalue weighted by Gasteiger charge is -2.27. The van der Waals surface area contributed by atoms with Crippen molar-refractivity contribution in [2.45, 2.75) is 18.3 Å². The summed E-state index contributed by atoms with van der Waals surface area (Å²) >= 11 is 7.57. The van der Waals surface area contributed by atoms with E-state index in [1.54, 1.807) is 42.7 Å². The average molecular weight is 460 g/mol. The zero-order chi connectivity index (χ0) is 21.8. The van der Waals surface area contributed by atoms with Gasteiger partial charge in [0.05, 0.1) is 24.2 Å². The summed E-state index contributed by atoms with van der Waals surface area (Å²) in [7, 11) is 0. The van der Waals surface area contributed by atoms with Crippen molar-refractivity contribution in [1.29, 1.82) is 0 Å². The second-order valence-corrected chi connectivity index (χ2v) is 8.40. The molecule has 160 valence electrons. The van der Waals surface area contributed by atoms with Gasteiger partial charge in [0.2, 0.25) is 5.91 Å². The summed E-state index contributed by atoms with van der Waals surface area (Å²) in [6.45, 7) is 0.283. The SMILES string of the molecule is O=C(NCc1ccco1)c1ccc2c(c1)NC(=O)C(CSCc1ccc(F)cc1Cl)N2. The minimum Gasteiger partial charge on any atom is -0.467 e. The van der Waals surface area contributed by atoms with E-state index in [1.165, 1.54) is 23.9 Å². The number of rotatable bonds is 7. The molecule has 3 N–H and O–H groups in total. The summed E-state index contributed by atoms with van der Waals surface area (Å²) in [6.07, 6.45) is 1.55. The van der Waals surface area contributed by atoms with Gasteiger partial charge in [-0.1, -0.05) is 17.7 Å². The van der Waals surface area contributed by atoms with Crippen LogP contribution in [0.4, 0.5) is 15.8 Å². The van der Waals surface area contributed by atoms with Gasteiger partial charge in [0.1, 0.15) is 17.6 Å². The van der Waals surface area contributed by atoms with Crippen molar-refractivity contribution in [2.24, 2.45) is 0 Å². The maximum absolute atomic E-state index is 13.2. The van der Waals surface area contributed by atoms with Gasteiger partial charge >= 0.3 is 0 Å². The van der Waals surface area contributed by atoms with Gasteiger partial charge < -0.3 is 20.4 Å². The number of fused-ring (bicyclic) bond motifs is 1. The molecule has 0 aliphatic carbocycles. The summed E-state index contributed by atoms with van der Waals surface area (Å²) in [5.41, 5.74) is 2.55. The number of thioether (sulfide) groups is 1. The number of carbonyl (C=O) groups excluding carboxylic acids is 2. The Morgan fingerprint density at radius 3 is 2.84 bits per heavy atom. The topological polar surface area (TPSA) is 83.4 Å². The average Bonchev–Trinajstić information content (AvgIpc) is 3.27. The molecule has 2 aromatic carbocycles. The Bertz CT molecular complexity index is 1110. The van der Waals surface area contributed by atoms with Crippen molar-refractivity contribution < 1.29 is 18.4 Å². The standard InChI is InChI=1S/C22H19ClFN3O3S/c23-17-9-15(24)5-3-14(17)11-31-12-20-22(29)27-19-8-13(4-6-18(19)26-20)21(28)25-10-16-2-1-7-30-16/h1-9,20,26H,10-12H2,(H,25,28)(H,27,29). The first kappa shape index (κ1) is 21.3. The van der Waals surface area contributed by atoms with E-state index in [-0.39, 0.29) is 24.2 Å². The number of hydrogen-bond acceptors (Lipinski definition) is 5. The molecule has 0 saturated carbocycles. The van der Waals surface area contributed by atoms with Crippen molar-refractivity contribution in [1.82, 2.24) is 5.32 Å². The molecule has 4 rings (SSSR count). The molecule has 2 heterocycles.